The number of carbonyl (C=O) groups is 2. The van der Waals surface area contributed by atoms with Gasteiger partial charge in [-0.15, -0.1) is 11.8 Å². The summed E-state index contributed by atoms with van der Waals surface area (Å²) in [6, 6.07) is 5.21. The lowest BCUT2D eigenvalue weighted by atomic mass is 10.1. The molecular formula is C14H19NO3S. The zero-order valence-electron chi connectivity index (χ0n) is 11.4. The summed E-state index contributed by atoms with van der Waals surface area (Å²) >= 11 is 1.35. The van der Waals surface area contributed by atoms with Gasteiger partial charge in [-0.1, -0.05) is 19.9 Å². The van der Waals surface area contributed by atoms with E-state index in [9.17, 15) is 9.59 Å². The van der Waals surface area contributed by atoms with Crippen molar-refractivity contribution in [3.63, 3.8) is 0 Å². The molecule has 0 aliphatic carbocycles. The number of thioether (sulfide) groups is 1. The topological polar surface area (TPSA) is 66.4 Å². The van der Waals surface area contributed by atoms with Gasteiger partial charge in [-0.25, -0.2) is 4.79 Å². The first-order chi connectivity index (χ1) is 8.90. The number of hydrogen-bond acceptors (Lipinski definition) is 3. The molecule has 0 saturated heterocycles. The maximum Gasteiger partial charge on any atom is 0.335 e. The Hall–Kier alpha value is -1.49. The van der Waals surface area contributed by atoms with Crippen LogP contribution in [0.2, 0.25) is 0 Å². The van der Waals surface area contributed by atoms with Gasteiger partial charge in [0, 0.05) is 11.4 Å². The molecule has 104 valence electrons. The molecule has 19 heavy (non-hydrogen) atoms. The van der Waals surface area contributed by atoms with E-state index in [1.165, 1.54) is 11.8 Å². The van der Waals surface area contributed by atoms with E-state index in [1.54, 1.807) is 19.1 Å². The molecule has 0 saturated carbocycles. The van der Waals surface area contributed by atoms with Crippen LogP contribution >= 0.6 is 11.8 Å². The summed E-state index contributed by atoms with van der Waals surface area (Å²) in [5.74, 6) is -0.248. The average molecular weight is 281 g/mol. The largest absolute Gasteiger partial charge is 0.478 e. The number of carboxylic acids is 1. The highest BCUT2D eigenvalue weighted by Crippen LogP contribution is 2.21. The molecule has 2 N–H and O–H groups in total. The minimum absolute atomic E-state index is 0.0313. The van der Waals surface area contributed by atoms with Crippen LogP contribution in [-0.4, -0.2) is 29.3 Å². The first kappa shape index (κ1) is 15.6. The number of amides is 1. The van der Waals surface area contributed by atoms with Crippen molar-refractivity contribution in [2.45, 2.75) is 25.7 Å². The van der Waals surface area contributed by atoms with Gasteiger partial charge in [0.05, 0.1) is 11.3 Å². The SMILES string of the molecule is Cc1ccc(SCC(=O)NCC(C)C)cc1C(=O)O. The standard InChI is InChI=1S/C14H19NO3S/c1-9(2)7-15-13(16)8-19-11-5-4-10(3)12(6-11)14(17)18/h4-6,9H,7-8H2,1-3H3,(H,15,16)(H,17,18). The lowest BCUT2D eigenvalue weighted by Gasteiger charge is -2.08. The molecule has 0 heterocycles. The second-order valence-electron chi connectivity index (χ2n) is 4.77. The van der Waals surface area contributed by atoms with Crippen molar-refractivity contribution in [1.29, 1.82) is 0 Å². The third-order valence-corrected chi connectivity index (χ3v) is 3.51. The van der Waals surface area contributed by atoms with E-state index in [4.69, 9.17) is 5.11 Å². The predicted molar refractivity (Wildman–Crippen MR) is 76.7 cm³/mol. The highest BCUT2D eigenvalue weighted by atomic mass is 32.2. The van der Waals surface area contributed by atoms with E-state index >= 15 is 0 Å². The molecule has 0 radical (unpaired) electrons. The van der Waals surface area contributed by atoms with Gasteiger partial charge in [0.2, 0.25) is 5.91 Å². The molecule has 0 bridgehead atoms. The normalized spacial score (nSPS) is 10.5. The van der Waals surface area contributed by atoms with Gasteiger partial charge in [0.1, 0.15) is 0 Å². The number of rotatable bonds is 6. The number of aryl methyl sites for hydroxylation is 1. The summed E-state index contributed by atoms with van der Waals surface area (Å²) < 4.78 is 0. The second kappa shape index (κ2) is 7.19. The molecule has 1 aromatic carbocycles. The molecule has 0 spiro atoms. The van der Waals surface area contributed by atoms with E-state index in [0.717, 1.165) is 10.5 Å². The maximum atomic E-state index is 11.6. The Morgan fingerprint density at radius 2 is 2.05 bits per heavy atom. The molecule has 5 heteroatoms. The molecule has 0 aliphatic heterocycles. The Bertz CT molecular complexity index is 472. The van der Waals surface area contributed by atoms with Gasteiger partial charge in [0.25, 0.3) is 0 Å². The summed E-state index contributed by atoms with van der Waals surface area (Å²) in [5.41, 5.74) is 1.01. The molecule has 4 nitrogen and oxygen atoms in total. The Labute approximate surface area is 117 Å². The first-order valence-corrected chi connectivity index (χ1v) is 7.12. The van der Waals surface area contributed by atoms with Crippen LogP contribution in [0.3, 0.4) is 0 Å². The van der Waals surface area contributed by atoms with Gasteiger partial charge >= 0.3 is 5.97 Å². The number of hydrogen-bond donors (Lipinski definition) is 2. The van der Waals surface area contributed by atoms with E-state index in [-0.39, 0.29) is 11.5 Å². The molecule has 1 rings (SSSR count). The lowest BCUT2D eigenvalue weighted by Crippen LogP contribution is -2.28. The van der Waals surface area contributed by atoms with Crippen LogP contribution < -0.4 is 5.32 Å². The lowest BCUT2D eigenvalue weighted by molar-refractivity contribution is -0.118. The summed E-state index contributed by atoms with van der Waals surface area (Å²) in [6.07, 6.45) is 0. The predicted octanol–water partition coefficient (Wildman–Crippen LogP) is 2.56. The monoisotopic (exact) mass is 281 g/mol. The van der Waals surface area contributed by atoms with Gasteiger partial charge < -0.3 is 10.4 Å². The highest BCUT2D eigenvalue weighted by Gasteiger charge is 2.09. The minimum atomic E-state index is -0.941. The fraction of sp³-hybridized carbons (Fsp3) is 0.429. The van der Waals surface area contributed by atoms with Crippen molar-refractivity contribution in [1.82, 2.24) is 5.32 Å². The molecule has 0 unspecified atom stereocenters. The third-order valence-electron chi connectivity index (χ3n) is 2.52. The summed E-state index contributed by atoms with van der Waals surface area (Å²) in [4.78, 5) is 23.4. The zero-order chi connectivity index (χ0) is 14.4. The van der Waals surface area contributed by atoms with Crippen molar-refractivity contribution < 1.29 is 14.7 Å². The van der Waals surface area contributed by atoms with E-state index in [0.29, 0.717) is 18.2 Å². The van der Waals surface area contributed by atoms with Crippen LogP contribution in [0, 0.1) is 12.8 Å². The number of aromatic carboxylic acids is 1. The molecular weight excluding hydrogens is 262 g/mol. The minimum Gasteiger partial charge on any atom is -0.478 e. The fourth-order valence-corrected chi connectivity index (χ4v) is 2.20. The maximum absolute atomic E-state index is 11.6. The van der Waals surface area contributed by atoms with Crippen molar-refractivity contribution in [3.8, 4) is 0 Å². The highest BCUT2D eigenvalue weighted by molar-refractivity contribution is 8.00. The third kappa shape index (κ3) is 5.34. The Morgan fingerprint density at radius 3 is 2.63 bits per heavy atom. The Morgan fingerprint density at radius 1 is 1.37 bits per heavy atom. The number of carbonyl (C=O) groups excluding carboxylic acids is 1. The summed E-state index contributed by atoms with van der Waals surface area (Å²) in [5, 5.41) is 11.8. The van der Waals surface area contributed by atoms with Crippen molar-refractivity contribution >= 4 is 23.6 Å². The summed E-state index contributed by atoms with van der Waals surface area (Å²) in [6.45, 7) is 6.49. The zero-order valence-corrected chi connectivity index (χ0v) is 12.2. The second-order valence-corrected chi connectivity index (χ2v) is 5.82. The Balaban J connectivity index is 2.56. The van der Waals surface area contributed by atoms with Gasteiger partial charge in [-0.3, -0.25) is 4.79 Å². The van der Waals surface area contributed by atoms with Crippen molar-refractivity contribution in [2.75, 3.05) is 12.3 Å². The van der Waals surface area contributed by atoms with Crippen LogP contribution in [0.1, 0.15) is 29.8 Å². The molecule has 1 amide bonds. The van der Waals surface area contributed by atoms with E-state index in [1.807, 2.05) is 19.9 Å². The van der Waals surface area contributed by atoms with Crippen LogP contribution in [0.5, 0.6) is 0 Å². The number of carboxylic acid groups (broad SMARTS) is 1. The average Bonchev–Trinajstić information content (AvgIpc) is 2.35. The van der Waals surface area contributed by atoms with Gasteiger partial charge in [-0.05, 0) is 30.5 Å². The van der Waals surface area contributed by atoms with Crippen molar-refractivity contribution in [2.24, 2.45) is 5.92 Å². The van der Waals surface area contributed by atoms with Crippen LogP contribution in [-0.2, 0) is 4.79 Å². The smallest absolute Gasteiger partial charge is 0.335 e. The fourth-order valence-electron chi connectivity index (χ4n) is 1.44. The first-order valence-electron chi connectivity index (χ1n) is 6.13. The number of nitrogens with one attached hydrogen (secondary N) is 1. The molecule has 0 aromatic heterocycles. The van der Waals surface area contributed by atoms with Crippen LogP contribution in [0.15, 0.2) is 23.1 Å². The van der Waals surface area contributed by atoms with E-state index < -0.39 is 5.97 Å². The van der Waals surface area contributed by atoms with Gasteiger partial charge in [0.15, 0.2) is 0 Å². The molecule has 1 aromatic rings. The molecule has 0 fully saturated rings. The molecule has 0 atom stereocenters. The van der Waals surface area contributed by atoms with Gasteiger partial charge in [-0.2, -0.15) is 0 Å². The van der Waals surface area contributed by atoms with Crippen LogP contribution in [0.4, 0.5) is 0 Å². The van der Waals surface area contributed by atoms with Crippen molar-refractivity contribution in [3.05, 3.63) is 29.3 Å². The number of benzene rings is 1. The quantitative estimate of drug-likeness (QED) is 0.786. The van der Waals surface area contributed by atoms with E-state index in [2.05, 4.69) is 5.32 Å². The molecule has 0 aliphatic rings. The summed E-state index contributed by atoms with van der Waals surface area (Å²) in [7, 11) is 0. The van der Waals surface area contributed by atoms with Crippen LogP contribution in [0.25, 0.3) is 0 Å². The Kier molecular flexibility index (Phi) is 5.89.